The summed E-state index contributed by atoms with van der Waals surface area (Å²) < 4.78 is 0. The van der Waals surface area contributed by atoms with Crippen molar-refractivity contribution in [2.24, 2.45) is 0 Å². The second-order valence-electron chi connectivity index (χ2n) is 6.97. The monoisotopic (exact) mass is 302 g/mol. The summed E-state index contributed by atoms with van der Waals surface area (Å²) in [5.41, 5.74) is 2.20. The Balaban J connectivity index is 2.18. The highest BCUT2D eigenvalue weighted by molar-refractivity contribution is 5.88. The number of amides is 1. The Morgan fingerprint density at radius 1 is 1.14 bits per heavy atom. The lowest BCUT2D eigenvalue weighted by Crippen LogP contribution is -2.46. The number of carbonyl (C=O) groups excluding carboxylic acids is 1. The van der Waals surface area contributed by atoms with Crippen LogP contribution in [0, 0.1) is 0 Å². The van der Waals surface area contributed by atoms with Gasteiger partial charge in [-0.15, -0.1) is 0 Å². The predicted molar refractivity (Wildman–Crippen MR) is 92.2 cm³/mol. The molecule has 122 valence electrons. The molecular formula is C19H30N2O. The number of carbonyl (C=O) groups is 1. The van der Waals surface area contributed by atoms with Crippen LogP contribution in [0.4, 0.5) is 0 Å². The summed E-state index contributed by atoms with van der Waals surface area (Å²) in [6.07, 6.45) is 4.21. The van der Waals surface area contributed by atoms with E-state index in [9.17, 15) is 4.79 Å². The average molecular weight is 302 g/mol. The zero-order valence-electron chi connectivity index (χ0n) is 14.4. The fourth-order valence-corrected chi connectivity index (χ4v) is 3.33. The first-order valence-corrected chi connectivity index (χ1v) is 8.55. The Morgan fingerprint density at radius 3 is 2.23 bits per heavy atom. The topological polar surface area (TPSA) is 41.1 Å². The van der Waals surface area contributed by atoms with Crippen LogP contribution in [-0.2, 0) is 10.2 Å². The SMILES string of the molecule is CNC(C)CNC(=O)C1(c2ccc(C(C)C)cc2)CCCC1. The summed E-state index contributed by atoms with van der Waals surface area (Å²) in [5.74, 6) is 0.725. The first kappa shape index (κ1) is 17.0. The number of nitrogens with one attached hydrogen (secondary N) is 2. The average Bonchev–Trinajstić information content (AvgIpc) is 3.03. The molecule has 3 nitrogen and oxygen atoms in total. The van der Waals surface area contributed by atoms with Crippen molar-refractivity contribution in [3.05, 3.63) is 35.4 Å². The number of hydrogen-bond acceptors (Lipinski definition) is 2. The van der Waals surface area contributed by atoms with Gasteiger partial charge in [-0.05, 0) is 43.9 Å². The van der Waals surface area contributed by atoms with Crippen LogP contribution in [0.5, 0.6) is 0 Å². The molecule has 0 aliphatic heterocycles. The van der Waals surface area contributed by atoms with Crippen molar-refractivity contribution in [3.8, 4) is 0 Å². The van der Waals surface area contributed by atoms with E-state index in [1.165, 1.54) is 11.1 Å². The van der Waals surface area contributed by atoms with E-state index >= 15 is 0 Å². The standard InChI is InChI=1S/C19H30N2O/c1-14(2)16-7-9-17(10-8-16)19(11-5-6-12-19)18(22)21-13-15(3)20-4/h7-10,14-15,20H,5-6,11-13H2,1-4H3,(H,21,22). The minimum absolute atomic E-state index is 0.199. The minimum Gasteiger partial charge on any atom is -0.354 e. The largest absolute Gasteiger partial charge is 0.354 e. The summed E-state index contributed by atoms with van der Waals surface area (Å²) in [7, 11) is 1.92. The third kappa shape index (κ3) is 3.52. The molecule has 1 aliphatic rings. The number of rotatable bonds is 6. The van der Waals surface area contributed by atoms with Gasteiger partial charge in [-0.2, -0.15) is 0 Å². The lowest BCUT2D eigenvalue weighted by Gasteiger charge is -2.29. The Labute approximate surface area is 134 Å². The van der Waals surface area contributed by atoms with Crippen LogP contribution >= 0.6 is 0 Å². The van der Waals surface area contributed by atoms with Gasteiger partial charge in [0, 0.05) is 12.6 Å². The minimum atomic E-state index is -0.316. The first-order valence-electron chi connectivity index (χ1n) is 8.55. The second kappa shape index (κ2) is 7.28. The van der Waals surface area contributed by atoms with Crippen LogP contribution in [-0.4, -0.2) is 25.5 Å². The van der Waals surface area contributed by atoms with Gasteiger partial charge in [0.05, 0.1) is 5.41 Å². The molecule has 0 saturated heterocycles. The Morgan fingerprint density at radius 2 is 1.73 bits per heavy atom. The summed E-state index contributed by atoms with van der Waals surface area (Å²) in [5, 5.41) is 6.32. The molecule has 22 heavy (non-hydrogen) atoms. The van der Waals surface area contributed by atoms with E-state index in [2.05, 4.69) is 55.7 Å². The van der Waals surface area contributed by atoms with Crippen LogP contribution in [0.25, 0.3) is 0 Å². The highest BCUT2D eigenvalue weighted by atomic mass is 16.2. The molecule has 1 aliphatic carbocycles. The molecule has 2 N–H and O–H groups in total. The molecule has 0 spiro atoms. The molecule has 1 atom stereocenters. The van der Waals surface area contributed by atoms with Gasteiger partial charge in [-0.25, -0.2) is 0 Å². The third-order valence-electron chi connectivity index (χ3n) is 5.08. The van der Waals surface area contributed by atoms with Crippen molar-refractivity contribution >= 4 is 5.91 Å². The van der Waals surface area contributed by atoms with Crippen LogP contribution in [0.2, 0.25) is 0 Å². The van der Waals surface area contributed by atoms with E-state index in [1.54, 1.807) is 0 Å². The maximum atomic E-state index is 12.9. The number of benzene rings is 1. The van der Waals surface area contributed by atoms with Gasteiger partial charge in [-0.1, -0.05) is 51.0 Å². The quantitative estimate of drug-likeness (QED) is 0.846. The van der Waals surface area contributed by atoms with Gasteiger partial charge in [-0.3, -0.25) is 4.79 Å². The van der Waals surface area contributed by atoms with Gasteiger partial charge in [0.25, 0.3) is 0 Å². The Hall–Kier alpha value is -1.35. The van der Waals surface area contributed by atoms with Gasteiger partial charge < -0.3 is 10.6 Å². The third-order valence-corrected chi connectivity index (χ3v) is 5.08. The zero-order chi connectivity index (χ0) is 16.2. The summed E-state index contributed by atoms with van der Waals surface area (Å²) >= 11 is 0. The molecule has 1 unspecified atom stereocenters. The fourth-order valence-electron chi connectivity index (χ4n) is 3.33. The molecule has 3 heteroatoms. The van der Waals surface area contributed by atoms with Crippen LogP contribution < -0.4 is 10.6 Å². The van der Waals surface area contributed by atoms with Gasteiger partial charge in [0.2, 0.25) is 5.91 Å². The van der Waals surface area contributed by atoms with Gasteiger partial charge in [0.1, 0.15) is 0 Å². The normalized spacial score (nSPS) is 18.4. The summed E-state index contributed by atoms with van der Waals surface area (Å²) in [6, 6.07) is 9.00. The van der Waals surface area contributed by atoms with Crippen LogP contribution in [0.1, 0.15) is 63.5 Å². The van der Waals surface area contributed by atoms with Crippen LogP contribution in [0.15, 0.2) is 24.3 Å². The summed E-state index contributed by atoms with van der Waals surface area (Å²) in [6.45, 7) is 7.17. The number of hydrogen-bond donors (Lipinski definition) is 2. The van der Waals surface area contributed by atoms with E-state index in [-0.39, 0.29) is 11.3 Å². The summed E-state index contributed by atoms with van der Waals surface area (Å²) in [4.78, 5) is 12.9. The molecule has 1 aromatic rings. The molecule has 2 rings (SSSR count). The zero-order valence-corrected chi connectivity index (χ0v) is 14.4. The number of likely N-dealkylation sites (N-methyl/N-ethyl adjacent to an activating group) is 1. The van der Waals surface area contributed by atoms with E-state index < -0.39 is 0 Å². The molecule has 1 fully saturated rings. The molecular weight excluding hydrogens is 272 g/mol. The maximum Gasteiger partial charge on any atom is 0.230 e. The Bertz CT molecular complexity index is 487. The molecule has 0 aromatic heterocycles. The predicted octanol–water partition coefficient (Wildman–Crippen LogP) is 3.35. The lowest BCUT2D eigenvalue weighted by molar-refractivity contribution is -0.126. The molecule has 1 aromatic carbocycles. The van der Waals surface area contributed by atoms with Crippen molar-refractivity contribution < 1.29 is 4.79 Å². The molecule has 0 heterocycles. The second-order valence-corrected chi connectivity index (χ2v) is 6.97. The van der Waals surface area contributed by atoms with Crippen molar-refractivity contribution in [2.75, 3.05) is 13.6 Å². The molecule has 1 amide bonds. The van der Waals surface area contributed by atoms with Crippen molar-refractivity contribution in [3.63, 3.8) is 0 Å². The molecule has 0 radical (unpaired) electrons. The van der Waals surface area contributed by atoms with E-state index in [4.69, 9.17) is 0 Å². The van der Waals surface area contributed by atoms with Gasteiger partial charge in [0.15, 0.2) is 0 Å². The maximum absolute atomic E-state index is 12.9. The van der Waals surface area contributed by atoms with E-state index in [0.29, 0.717) is 18.5 Å². The lowest BCUT2D eigenvalue weighted by atomic mass is 9.77. The first-order chi connectivity index (χ1) is 10.5. The van der Waals surface area contributed by atoms with Crippen molar-refractivity contribution in [2.45, 2.75) is 63.8 Å². The highest BCUT2D eigenvalue weighted by Crippen LogP contribution is 2.41. The highest BCUT2D eigenvalue weighted by Gasteiger charge is 2.42. The Kier molecular flexibility index (Phi) is 5.63. The fraction of sp³-hybridized carbons (Fsp3) is 0.632. The molecule has 1 saturated carbocycles. The van der Waals surface area contributed by atoms with E-state index in [0.717, 1.165) is 25.7 Å². The molecule has 0 bridgehead atoms. The van der Waals surface area contributed by atoms with Crippen LogP contribution in [0.3, 0.4) is 0 Å². The van der Waals surface area contributed by atoms with E-state index in [1.807, 2.05) is 7.05 Å². The van der Waals surface area contributed by atoms with Gasteiger partial charge >= 0.3 is 0 Å². The van der Waals surface area contributed by atoms with Crippen molar-refractivity contribution in [1.29, 1.82) is 0 Å². The smallest absolute Gasteiger partial charge is 0.230 e. The van der Waals surface area contributed by atoms with Crippen molar-refractivity contribution in [1.82, 2.24) is 10.6 Å².